The molecule has 0 spiro atoms. The number of benzene rings is 1. The number of carbonyl (C=O) groups excluding carboxylic acids is 3. The van der Waals surface area contributed by atoms with Gasteiger partial charge in [-0.15, -0.1) is 10.2 Å². The van der Waals surface area contributed by atoms with Crippen LogP contribution in [0, 0.1) is 17.8 Å². The van der Waals surface area contributed by atoms with Gasteiger partial charge in [-0.1, -0.05) is 42.5 Å². The summed E-state index contributed by atoms with van der Waals surface area (Å²) in [7, 11) is 1.80. The Morgan fingerprint density at radius 3 is 2.73 bits per heavy atom. The Hall–Kier alpha value is -3.56. The topological polar surface area (TPSA) is 119 Å². The van der Waals surface area contributed by atoms with Crippen molar-refractivity contribution in [3.63, 3.8) is 0 Å². The maximum Gasteiger partial charge on any atom is 0.332 e. The lowest BCUT2D eigenvalue weighted by Crippen LogP contribution is -2.50. The van der Waals surface area contributed by atoms with Crippen LogP contribution in [0.4, 0.5) is 0 Å². The summed E-state index contributed by atoms with van der Waals surface area (Å²) in [6.07, 6.45) is 8.11. The first-order valence-electron chi connectivity index (χ1n) is 13.2. The van der Waals surface area contributed by atoms with Gasteiger partial charge in [-0.2, -0.15) is 4.80 Å². The molecule has 0 unspecified atom stereocenters. The number of rotatable bonds is 4. The van der Waals surface area contributed by atoms with Crippen molar-refractivity contribution < 1.29 is 19.1 Å². The number of fused-ring (bicyclic) bond motifs is 2. The van der Waals surface area contributed by atoms with Crippen molar-refractivity contribution in [2.24, 2.45) is 17.8 Å². The molecule has 10 nitrogen and oxygen atoms in total. The van der Waals surface area contributed by atoms with E-state index in [0.29, 0.717) is 31.6 Å². The predicted molar refractivity (Wildman–Crippen MR) is 135 cm³/mol. The van der Waals surface area contributed by atoms with E-state index in [1.165, 1.54) is 4.80 Å². The molecule has 5 atom stereocenters. The Balaban J connectivity index is 1.42. The van der Waals surface area contributed by atoms with Gasteiger partial charge in [0, 0.05) is 25.1 Å². The lowest BCUT2D eigenvalue weighted by Gasteiger charge is -2.26. The number of aromatic nitrogens is 4. The Kier molecular flexibility index (Phi) is 7.08. The molecule has 1 aromatic carbocycles. The Bertz CT molecular complexity index is 1180. The summed E-state index contributed by atoms with van der Waals surface area (Å²) in [6.45, 7) is 2.64. The number of allylic oxidation sites excluding steroid dienone is 1. The zero-order valence-electron chi connectivity index (χ0n) is 21.4. The first kappa shape index (κ1) is 25.1. The summed E-state index contributed by atoms with van der Waals surface area (Å²) in [6, 6.07) is 9.31. The highest BCUT2D eigenvalue weighted by molar-refractivity contribution is 5.95. The van der Waals surface area contributed by atoms with Gasteiger partial charge in [-0.25, -0.2) is 4.79 Å². The molecule has 0 saturated heterocycles. The van der Waals surface area contributed by atoms with E-state index in [4.69, 9.17) is 4.74 Å². The van der Waals surface area contributed by atoms with Gasteiger partial charge in [0.25, 0.3) is 0 Å². The van der Waals surface area contributed by atoms with Crippen molar-refractivity contribution in [3.05, 3.63) is 42.5 Å². The molecule has 1 N–H and O–H groups in total. The molecule has 37 heavy (non-hydrogen) atoms. The number of hydrogen-bond donors (Lipinski definition) is 1. The Morgan fingerprint density at radius 1 is 1.16 bits per heavy atom. The quantitative estimate of drug-likeness (QED) is 0.500. The van der Waals surface area contributed by atoms with Crippen LogP contribution in [0.2, 0.25) is 0 Å². The van der Waals surface area contributed by atoms with Crippen molar-refractivity contribution in [2.75, 3.05) is 20.2 Å². The smallest absolute Gasteiger partial charge is 0.332 e. The average Bonchev–Trinajstić information content (AvgIpc) is 3.24. The third-order valence-electron chi connectivity index (χ3n) is 7.84. The van der Waals surface area contributed by atoms with Crippen LogP contribution in [0.25, 0.3) is 11.4 Å². The fourth-order valence-electron chi connectivity index (χ4n) is 5.63. The largest absolute Gasteiger partial charge is 0.464 e. The molecule has 2 aliphatic carbocycles. The van der Waals surface area contributed by atoms with Gasteiger partial charge in [0.2, 0.25) is 17.6 Å². The third-order valence-corrected chi connectivity index (χ3v) is 7.84. The molecule has 2 saturated carbocycles. The van der Waals surface area contributed by atoms with Gasteiger partial charge in [0.1, 0.15) is 5.54 Å². The predicted octanol–water partition coefficient (Wildman–Crippen LogP) is 2.54. The zero-order valence-corrected chi connectivity index (χ0v) is 21.4. The number of carbonyl (C=O) groups is 3. The van der Waals surface area contributed by atoms with E-state index in [2.05, 4.69) is 26.8 Å². The van der Waals surface area contributed by atoms with Gasteiger partial charge in [0.05, 0.1) is 24.5 Å². The molecule has 3 aliphatic rings. The van der Waals surface area contributed by atoms with Gasteiger partial charge in [0.15, 0.2) is 0 Å². The summed E-state index contributed by atoms with van der Waals surface area (Å²) >= 11 is 0. The van der Waals surface area contributed by atoms with Crippen LogP contribution in [0.3, 0.4) is 0 Å². The van der Waals surface area contributed by atoms with E-state index in [0.717, 1.165) is 24.8 Å². The molecule has 2 amide bonds. The fraction of sp³-hybridized carbons (Fsp3) is 0.556. The first-order chi connectivity index (χ1) is 17.9. The number of nitrogens with one attached hydrogen (secondary N) is 1. The second-order valence-corrected chi connectivity index (χ2v) is 10.3. The van der Waals surface area contributed by atoms with Gasteiger partial charge in [-0.3, -0.25) is 9.59 Å². The maximum absolute atomic E-state index is 13.7. The molecule has 2 fully saturated rings. The number of esters is 1. The van der Waals surface area contributed by atoms with Crippen LogP contribution in [0.1, 0.15) is 51.5 Å². The standard InChI is InChI=1S/C27H34N6O4/c1-3-37-26(36)27-17-19(27)13-9-4-5-10-14-32(2)25(35)22-16-20(15-21(22)24(34)28-27)33-30-23(29-31-33)18-11-7-6-8-12-18/h6-9,11-13,19-22H,3-5,10,14-17H2,1-2H3,(H,28,34)/t19-,20-,21-,22-,27-/m1/s1. The lowest BCUT2D eigenvalue weighted by molar-refractivity contribution is -0.150. The monoisotopic (exact) mass is 506 g/mol. The number of hydrogen-bond acceptors (Lipinski definition) is 7. The van der Waals surface area contributed by atoms with Crippen molar-refractivity contribution >= 4 is 17.8 Å². The summed E-state index contributed by atoms with van der Waals surface area (Å²) < 4.78 is 5.33. The van der Waals surface area contributed by atoms with E-state index in [9.17, 15) is 14.4 Å². The molecule has 1 aliphatic heterocycles. The summed E-state index contributed by atoms with van der Waals surface area (Å²) in [4.78, 5) is 43.4. The number of nitrogens with zero attached hydrogens (tertiary/aromatic N) is 5. The molecule has 0 bridgehead atoms. The van der Waals surface area contributed by atoms with Gasteiger partial charge < -0.3 is 15.0 Å². The van der Waals surface area contributed by atoms with E-state index in [1.54, 1.807) is 18.9 Å². The summed E-state index contributed by atoms with van der Waals surface area (Å²) in [5, 5.41) is 16.1. The number of tetrazole rings is 1. The molecule has 2 aromatic rings. The highest BCUT2D eigenvalue weighted by Crippen LogP contribution is 2.47. The van der Waals surface area contributed by atoms with Gasteiger partial charge in [-0.05, 0) is 50.7 Å². The molecule has 2 heterocycles. The number of amides is 2. The fourth-order valence-corrected chi connectivity index (χ4v) is 5.63. The van der Waals surface area contributed by atoms with Crippen molar-refractivity contribution in [3.8, 4) is 11.4 Å². The molecule has 196 valence electrons. The van der Waals surface area contributed by atoms with E-state index < -0.39 is 23.3 Å². The molecule has 5 rings (SSSR count). The SMILES string of the molecule is CCOC(=O)[C@@]12C[C@H]1C=CCCCCN(C)C(=O)[C@@H]1C[C@H](n3nnc(-c4ccccc4)n3)C[C@H]1C(=O)N2. The highest BCUT2D eigenvalue weighted by Gasteiger charge is 2.62. The Morgan fingerprint density at radius 2 is 1.95 bits per heavy atom. The minimum Gasteiger partial charge on any atom is -0.464 e. The van der Waals surface area contributed by atoms with Crippen LogP contribution in [0.5, 0.6) is 0 Å². The van der Waals surface area contributed by atoms with Crippen LogP contribution in [0.15, 0.2) is 42.5 Å². The summed E-state index contributed by atoms with van der Waals surface area (Å²) in [5.74, 6) is -1.50. The maximum atomic E-state index is 13.7. The minimum absolute atomic E-state index is 0.0591. The van der Waals surface area contributed by atoms with Crippen LogP contribution in [-0.4, -0.2) is 68.6 Å². The third kappa shape index (κ3) is 5.01. The molecule has 0 radical (unpaired) electrons. The average molecular weight is 507 g/mol. The highest BCUT2D eigenvalue weighted by atomic mass is 16.5. The zero-order chi connectivity index (χ0) is 26.0. The molecule has 1 aromatic heterocycles. The van der Waals surface area contributed by atoms with Crippen LogP contribution < -0.4 is 5.32 Å². The van der Waals surface area contributed by atoms with E-state index in [-0.39, 0.29) is 30.4 Å². The van der Waals surface area contributed by atoms with Crippen LogP contribution in [-0.2, 0) is 19.1 Å². The lowest BCUT2D eigenvalue weighted by atomic mass is 9.93. The van der Waals surface area contributed by atoms with E-state index >= 15 is 0 Å². The normalized spacial score (nSPS) is 30.2. The van der Waals surface area contributed by atoms with Crippen LogP contribution >= 0.6 is 0 Å². The second kappa shape index (κ2) is 10.4. The minimum atomic E-state index is -1.06. The molecule has 10 heteroatoms. The molecular formula is C27H34N6O4. The second-order valence-electron chi connectivity index (χ2n) is 10.3. The van der Waals surface area contributed by atoms with E-state index in [1.807, 2.05) is 36.4 Å². The molecular weight excluding hydrogens is 472 g/mol. The first-order valence-corrected chi connectivity index (χ1v) is 13.2. The van der Waals surface area contributed by atoms with Crippen molar-refractivity contribution in [2.45, 2.75) is 57.0 Å². The van der Waals surface area contributed by atoms with Crippen molar-refractivity contribution in [1.29, 1.82) is 0 Å². The number of ether oxygens (including phenoxy) is 1. The Labute approximate surface area is 216 Å². The van der Waals surface area contributed by atoms with Crippen molar-refractivity contribution in [1.82, 2.24) is 30.4 Å². The van der Waals surface area contributed by atoms with Gasteiger partial charge >= 0.3 is 5.97 Å². The summed E-state index contributed by atoms with van der Waals surface area (Å²) in [5.41, 5.74) is -0.208.